The van der Waals surface area contributed by atoms with Crippen LogP contribution in [0.15, 0.2) is 207 Å². The second-order valence-electron chi connectivity index (χ2n) is 14.3. The molecule has 0 fully saturated rings. The highest BCUT2D eigenvalue weighted by molar-refractivity contribution is 7.19. The molecule has 0 saturated heterocycles. The number of para-hydroxylation sites is 4. The zero-order valence-electron chi connectivity index (χ0n) is 30.8. The number of rotatable bonds is 7. The van der Waals surface area contributed by atoms with E-state index in [0.29, 0.717) is 17.7 Å². The molecule has 0 unspecified atom stereocenters. The molecule has 7 aromatic carbocycles. The van der Waals surface area contributed by atoms with Crippen molar-refractivity contribution in [2.45, 2.75) is 0 Å². The maximum atomic E-state index is 5.36. The summed E-state index contributed by atoms with van der Waals surface area (Å²) in [6.45, 7) is 0. The van der Waals surface area contributed by atoms with Crippen LogP contribution in [0.25, 0.3) is 66.9 Å². The summed E-state index contributed by atoms with van der Waals surface area (Å²) in [5.74, 6) is 1.62. The van der Waals surface area contributed by atoms with Gasteiger partial charge in [0.15, 0.2) is 13.9 Å². The molecule has 57 heavy (non-hydrogen) atoms. The van der Waals surface area contributed by atoms with Crippen molar-refractivity contribution in [1.82, 2.24) is 29.1 Å². The Hall–Kier alpha value is -7.48. The highest BCUT2D eigenvalue weighted by Crippen LogP contribution is 2.34. The second-order valence-corrected chi connectivity index (χ2v) is 18.1. The van der Waals surface area contributed by atoms with Crippen LogP contribution in [0.3, 0.4) is 0 Å². The fraction of sp³-hybridized carbons (Fsp3) is 0. The quantitative estimate of drug-likeness (QED) is 0.121. The summed E-state index contributed by atoms with van der Waals surface area (Å²) in [6.07, 6.45) is 3.94. The summed E-state index contributed by atoms with van der Waals surface area (Å²) < 4.78 is 4.34. The van der Waals surface area contributed by atoms with Gasteiger partial charge in [0.1, 0.15) is 0 Å². The molecule has 0 aliphatic rings. The average Bonchev–Trinajstić information content (AvgIpc) is 3.81. The van der Waals surface area contributed by atoms with Gasteiger partial charge >= 0.3 is 0 Å². The van der Waals surface area contributed by atoms with Gasteiger partial charge in [-0.3, -0.25) is 14.1 Å². The molecule has 4 heterocycles. The van der Waals surface area contributed by atoms with Crippen LogP contribution in [-0.4, -0.2) is 37.1 Å². The van der Waals surface area contributed by atoms with Gasteiger partial charge in [0, 0.05) is 39.5 Å². The van der Waals surface area contributed by atoms with E-state index in [-0.39, 0.29) is 0 Å². The molecular weight excluding hydrogens is 713 g/mol. The minimum Gasteiger partial charge on any atom is -0.278 e. The lowest BCUT2D eigenvalue weighted by atomic mass is 10.2. The van der Waals surface area contributed by atoms with Crippen molar-refractivity contribution in [2.75, 3.05) is 0 Å². The standard InChI is InChI=1S/C50H34N6Si/c1-4-18-36(19-5-1)57(37-20-6-2-7-21-37,38-22-8-3-9-23-38)39-32-35(33-51-34-39)48-52-49(55-44-28-14-10-24-40(44)41-25-11-15-29-45(41)55)54-50(53-48)56-46-30-16-12-26-42(46)43-27-13-17-31-47(43)56/h1-34H. The number of nitrogens with zero attached hydrogens (tertiary/aromatic N) is 6. The van der Waals surface area contributed by atoms with Gasteiger partial charge in [-0.1, -0.05) is 164 Å². The minimum absolute atomic E-state index is 0.539. The Kier molecular flexibility index (Phi) is 7.72. The molecule has 6 nitrogen and oxygen atoms in total. The Labute approximate surface area is 330 Å². The van der Waals surface area contributed by atoms with E-state index in [2.05, 4.69) is 203 Å². The summed E-state index contributed by atoms with van der Waals surface area (Å²) in [6, 6.07) is 68.8. The molecule has 0 aliphatic carbocycles. The van der Waals surface area contributed by atoms with E-state index in [9.17, 15) is 0 Å². The lowest BCUT2D eigenvalue weighted by molar-refractivity contribution is 0.892. The van der Waals surface area contributed by atoms with Gasteiger partial charge in [-0.15, -0.1) is 0 Å². The summed E-state index contributed by atoms with van der Waals surface area (Å²) in [7, 11) is -2.89. The van der Waals surface area contributed by atoms with Crippen molar-refractivity contribution in [3.63, 3.8) is 0 Å². The van der Waals surface area contributed by atoms with Crippen molar-refractivity contribution in [3.8, 4) is 23.3 Å². The first-order chi connectivity index (χ1) is 28.3. The van der Waals surface area contributed by atoms with E-state index in [1.165, 1.54) is 15.6 Å². The molecule has 11 rings (SSSR count). The fourth-order valence-corrected chi connectivity index (χ4v) is 13.5. The van der Waals surface area contributed by atoms with Crippen LogP contribution in [0.2, 0.25) is 0 Å². The zero-order chi connectivity index (χ0) is 37.8. The number of hydrogen-bond donors (Lipinski definition) is 0. The van der Waals surface area contributed by atoms with E-state index in [1.807, 2.05) is 12.4 Å². The van der Waals surface area contributed by atoms with Gasteiger partial charge in [0.2, 0.25) is 11.9 Å². The maximum absolute atomic E-state index is 5.36. The lowest BCUT2D eigenvalue weighted by Crippen LogP contribution is -2.74. The van der Waals surface area contributed by atoms with Crippen LogP contribution in [-0.2, 0) is 0 Å². The molecule has 7 heteroatoms. The normalized spacial score (nSPS) is 11.9. The van der Waals surface area contributed by atoms with Gasteiger partial charge in [-0.25, -0.2) is 0 Å². The number of pyridine rings is 1. The molecule has 0 bridgehead atoms. The molecule has 0 atom stereocenters. The van der Waals surface area contributed by atoms with Crippen LogP contribution >= 0.6 is 0 Å². The Morgan fingerprint density at radius 1 is 0.333 bits per heavy atom. The molecule has 268 valence electrons. The molecular formula is C50H34N6Si. The predicted molar refractivity (Wildman–Crippen MR) is 235 cm³/mol. The van der Waals surface area contributed by atoms with E-state index in [0.717, 1.165) is 54.4 Å². The summed E-state index contributed by atoms with van der Waals surface area (Å²) in [4.78, 5) is 21.1. The number of fused-ring (bicyclic) bond motifs is 6. The van der Waals surface area contributed by atoms with Crippen molar-refractivity contribution in [1.29, 1.82) is 0 Å². The van der Waals surface area contributed by atoms with Crippen LogP contribution in [0.1, 0.15) is 0 Å². The smallest absolute Gasteiger partial charge is 0.240 e. The van der Waals surface area contributed by atoms with E-state index in [1.54, 1.807) is 0 Å². The molecule has 0 spiro atoms. The van der Waals surface area contributed by atoms with Gasteiger partial charge < -0.3 is 0 Å². The van der Waals surface area contributed by atoms with Gasteiger partial charge in [-0.2, -0.15) is 15.0 Å². The van der Waals surface area contributed by atoms with Crippen molar-refractivity contribution in [3.05, 3.63) is 207 Å². The fourth-order valence-electron chi connectivity index (χ4n) is 8.79. The molecule has 0 saturated carbocycles. The maximum Gasteiger partial charge on any atom is 0.240 e. The first-order valence-electron chi connectivity index (χ1n) is 19.1. The van der Waals surface area contributed by atoms with E-state index in [4.69, 9.17) is 19.9 Å². The minimum atomic E-state index is -2.89. The Morgan fingerprint density at radius 2 is 0.684 bits per heavy atom. The van der Waals surface area contributed by atoms with E-state index < -0.39 is 8.07 Å². The second kappa shape index (κ2) is 13.4. The van der Waals surface area contributed by atoms with Crippen molar-refractivity contribution < 1.29 is 0 Å². The molecule has 0 radical (unpaired) electrons. The molecule has 0 aliphatic heterocycles. The van der Waals surface area contributed by atoms with Gasteiger partial charge in [0.25, 0.3) is 0 Å². The topological polar surface area (TPSA) is 61.4 Å². The number of aromatic nitrogens is 6. The van der Waals surface area contributed by atoms with E-state index >= 15 is 0 Å². The number of benzene rings is 7. The van der Waals surface area contributed by atoms with Crippen LogP contribution in [0.5, 0.6) is 0 Å². The first kappa shape index (κ1) is 32.9. The third-order valence-electron chi connectivity index (χ3n) is 11.2. The monoisotopic (exact) mass is 746 g/mol. The van der Waals surface area contributed by atoms with Crippen LogP contribution in [0.4, 0.5) is 0 Å². The first-order valence-corrected chi connectivity index (χ1v) is 21.1. The molecule has 0 amide bonds. The highest BCUT2D eigenvalue weighted by Gasteiger charge is 2.42. The molecule has 11 aromatic rings. The summed E-state index contributed by atoms with van der Waals surface area (Å²) in [5.41, 5.74) is 4.93. The highest BCUT2D eigenvalue weighted by atomic mass is 28.3. The largest absolute Gasteiger partial charge is 0.278 e. The number of hydrogen-bond acceptors (Lipinski definition) is 4. The third kappa shape index (κ3) is 5.17. The SMILES string of the molecule is c1ccc([Si](c2ccccc2)(c2ccccc2)c2cncc(-c3nc(-n4c5ccccc5c5ccccc54)nc(-n4c5ccccc5c5ccccc54)n3)c2)cc1. The third-order valence-corrected chi connectivity index (χ3v) is 16.0. The Bertz CT molecular complexity index is 2910. The molecule has 0 N–H and O–H groups in total. The van der Waals surface area contributed by atoms with Crippen LogP contribution < -0.4 is 20.7 Å². The Morgan fingerprint density at radius 3 is 1.07 bits per heavy atom. The van der Waals surface area contributed by atoms with Crippen molar-refractivity contribution >= 4 is 72.4 Å². The van der Waals surface area contributed by atoms with Gasteiger partial charge in [0.05, 0.1) is 22.1 Å². The summed E-state index contributed by atoms with van der Waals surface area (Å²) in [5, 5.41) is 9.52. The summed E-state index contributed by atoms with van der Waals surface area (Å²) >= 11 is 0. The zero-order valence-corrected chi connectivity index (χ0v) is 31.8. The predicted octanol–water partition coefficient (Wildman–Crippen LogP) is 8.51. The Balaban J connectivity index is 1.22. The van der Waals surface area contributed by atoms with Crippen LogP contribution in [0, 0.1) is 0 Å². The average molecular weight is 747 g/mol. The van der Waals surface area contributed by atoms with Crippen molar-refractivity contribution in [2.24, 2.45) is 0 Å². The molecule has 4 aromatic heterocycles. The lowest BCUT2D eigenvalue weighted by Gasteiger charge is -2.34. The van der Waals surface area contributed by atoms with Gasteiger partial charge in [-0.05, 0) is 51.1 Å².